The minimum absolute atomic E-state index is 1.17. The predicted octanol–water partition coefficient (Wildman–Crippen LogP) is 17.7. The standard InChI is InChI=1S/C64H41N/c1-5-17-42(18-6-1)48-33-35-55-57(39-48)56(41-59-52-25-13-14-27-54(52)62(43-19-7-2-8-20-43)63(64(55)59)44-21-9-3-10-22-44)50-32-31-45-37-46(29-30-47(45)38-50)49-34-36-61-58(40-49)53-26-15-16-28-60(53)65(61)51-23-11-4-12-24-51/h1-41H. The Morgan fingerprint density at radius 2 is 0.723 bits per heavy atom. The minimum atomic E-state index is 1.17. The van der Waals surface area contributed by atoms with Crippen LogP contribution >= 0.6 is 0 Å². The molecular weight excluding hydrogens is 783 g/mol. The summed E-state index contributed by atoms with van der Waals surface area (Å²) in [7, 11) is 0. The van der Waals surface area contributed by atoms with Crippen LogP contribution in [0.3, 0.4) is 0 Å². The SMILES string of the molecule is c1ccc(-c2ccc3c(c2)c(-c2ccc4cc(-c5ccc6c(c5)c5ccccc5n6-c5ccccc5)ccc4c2)cc2c4ccccc4c(-c4ccccc4)c(-c4ccccc4)c32)cc1. The van der Waals surface area contributed by atoms with Gasteiger partial charge in [0, 0.05) is 16.5 Å². The van der Waals surface area contributed by atoms with Gasteiger partial charge in [-0.05, 0) is 153 Å². The van der Waals surface area contributed by atoms with Crippen molar-refractivity contribution >= 4 is 64.9 Å². The Bertz CT molecular complexity index is 3960. The van der Waals surface area contributed by atoms with Crippen LogP contribution in [0.15, 0.2) is 249 Å². The van der Waals surface area contributed by atoms with Gasteiger partial charge in [0.25, 0.3) is 0 Å². The van der Waals surface area contributed by atoms with Gasteiger partial charge in [0.15, 0.2) is 0 Å². The molecule has 0 amide bonds. The summed E-state index contributed by atoms with van der Waals surface area (Å²) in [6, 6.07) is 91.6. The second kappa shape index (κ2) is 15.1. The Morgan fingerprint density at radius 1 is 0.231 bits per heavy atom. The second-order valence-corrected chi connectivity index (χ2v) is 17.2. The molecule has 0 aliphatic rings. The molecule has 13 aromatic rings. The Labute approximate surface area is 377 Å². The lowest BCUT2D eigenvalue weighted by Gasteiger charge is -2.22. The summed E-state index contributed by atoms with van der Waals surface area (Å²) >= 11 is 0. The molecule has 0 saturated heterocycles. The fraction of sp³-hybridized carbons (Fsp3) is 0. The number of fused-ring (bicyclic) bond motifs is 9. The summed E-state index contributed by atoms with van der Waals surface area (Å²) in [6.45, 7) is 0. The van der Waals surface area contributed by atoms with Gasteiger partial charge in [0.1, 0.15) is 0 Å². The molecule has 0 unspecified atom stereocenters. The van der Waals surface area contributed by atoms with Gasteiger partial charge in [-0.1, -0.05) is 194 Å². The van der Waals surface area contributed by atoms with Crippen LogP contribution in [0.25, 0.3) is 126 Å². The van der Waals surface area contributed by atoms with E-state index in [1.165, 1.54) is 126 Å². The first-order valence-electron chi connectivity index (χ1n) is 22.5. The summed E-state index contributed by atoms with van der Waals surface area (Å²) in [4.78, 5) is 0. The molecule has 65 heavy (non-hydrogen) atoms. The highest BCUT2D eigenvalue weighted by atomic mass is 15.0. The van der Waals surface area contributed by atoms with E-state index in [9.17, 15) is 0 Å². The van der Waals surface area contributed by atoms with Gasteiger partial charge in [0.05, 0.1) is 11.0 Å². The van der Waals surface area contributed by atoms with E-state index in [1.54, 1.807) is 0 Å². The fourth-order valence-electron chi connectivity index (χ4n) is 10.5. The van der Waals surface area contributed by atoms with Crippen molar-refractivity contribution in [2.24, 2.45) is 0 Å². The highest BCUT2D eigenvalue weighted by Gasteiger charge is 2.22. The van der Waals surface area contributed by atoms with Crippen molar-refractivity contribution in [2.45, 2.75) is 0 Å². The Kier molecular flexibility index (Phi) is 8.60. The van der Waals surface area contributed by atoms with Crippen LogP contribution in [-0.4, -0.2) is 4.57 Å². The first-order chi connectivity index (χ1) is 32.2. The summed E-state index contributed by atoms with van der Waals surface area (Å²) in [6.07, 6.45) is 0. The third kappa shape index (κ3) is 6.09. The van der Waals surface area contributed by atoms with Crippen molar-refractivity contribution in [3.63, 3.8) is 0 Å². The highest BCUT2D eigenvalue weighted by molar-refractivity contribution is 6.30. The molecular formula is C64H41N. The van der Waals surface area contributed by atoms with Crippen LogP contribution < -0.4 is 0 Å². The van der Waals surface area contributed by atoms with Gasteiger partial charge >= 0.3 is 0 Å². The molecule has 1 aromatic heterocycles. The summed E-state index contributed by atoms with van der Waals surface area (Å²) in [5, 5.41) is 12.5. The van der Waals surface area contributed by atoms with Crippen LogP contribution in [-0.2, 0) is 0 Å². The molecule has 0 fully saturated rings. The Hall–Kier alpha value is -8.52. The monoisotopic (exact) mass is 823 g/mol. The maximum absolute atomic E-state index is 2.48. The van der Waals surface area contributed by atoms with Crippen molar-refractivity contribution in [1.82, 2.24) is 4.57 Å². The lowest BCUT2D eigenvalue weighted by Crippen LogP contribution is -1.94. The molecule has 0 spiro atoms. The maximum Gasteiger partial charge on any atom is 0.0541 e. The van der Waals surface area contributed by atoms with Crippen molar-refractivity contribution < 1.29 is 0 Å². The van der Waals surface area contributed by atoms with Crippen molar-refractivity contribution in [3.05, 3.63) is 249 Å². The van der Waals surface area contributed by atoms with Gasteiger partial charge < -0.3 is 4.57 Å². The largest absolute Gasteiger partial charge is 0.309 e. The van der Waals surface area contributed by atoms with Gasteiger partial charge in [-0.25, -0.2) is 0 Å². The molecule has 0 radical (unpaired) electrons. The van der Waals surface area contributed by atoms with E-state index < -0.39 is 0 Å². The van der Waals surface area contributed by atoms with Gasteiger partial charge in [-0.3, -0.25) is 0 Å². The van der Waals surface area contributed by atoms with E-state index in [4.69, 9.17) is 0 Å². The minimum Gasteiger partial charge on any atom is -0.309 e. The van der Waals surface area contributed by atoms with Crippen molar-refractivity contribution in [1.29, 1.82) is 0 Å². The van der Waals surface area contributed by atoms with E-state index >= 15 is 0 Å². The lowest BCUT2D eigenvalue weighted by molar-refractivity contribution is 1.18. The third-order valence-corrected chi connectivity index (χ3v) is 13.5. The smallest absolute Gasteiger partial charge is 0.0541 e. The number of nitrogens with zero attached hydrogens (tertiary/aromatic N) is 1. The molecule has 13 rings (SSSR count). The third-order valence-electron chi connectivity index (χ3n) is 13.5. The van der Waals surface area contributed by atoms with Crippen LogP contribution in [0.2, 0.25) is 0 Å². The molecule has 0 aliphatic heterocycles. The van der Waals surface area contributed by atoms with Crippen LogP contribution in [0.1, 0.15) is 0 Å². The van der Waals surface area contributed by atoms with Crippen LogP contribution in [0.5, 0.6) is 0 Å². The number of rotatable bonds is 6. The lowest BCUT2D eigenvalue weighted by atomic mass is 9.81. The molecule has 12 aromatic carbocycles. The number of hydrogen-bond acceptors (Lipinski definition) is 0. The number of hydrogen-bond donors (Lipinski definition) is 0. The normalized spacial score (nSPS) is 11.7. The zero-order chi connectivity index (χ0) is 42.8. The summed E-state index contributed by atoms with van der Waals surface area (Å²) in [5.74, 6) is 0. The van der Waals surface area contributed by atoms with E-state index in [1.807, 2.05) is 0 Å². The molecule has 302 valence electrons. The maximum atomic E-state index is 2.48. The van der Waals surface area contributed by atoms with Crippen molar-refractivity contribution in [2.75, 3.05) is 0 Å². The average Bonchev–Trinajstić information content (AvgIpc) is 3.72. The van der Waals surface area contributed by atoms with E-state index in [-0.39, 0.29) is 0 Å². The Balaban J connectivity index is 1.02. The van der Waals surface area contributed by atoms with E-state index in [0.717, 1.165) is 0 Å². The number of aromatic nitrogens is 1. The van der Waals surface area contributed by atoms with E-state index in [0.29, 0.717) is 0 Å². The molecule has 0 saturated carbocycles. The molecule has 0 aliphatic carbocycles. The zero-order valence-corrected chi connectivity index (χ0v) is 35.6. The molecule has 1 heteroatoms. The fourth-order valence-corrected chi connectivity index (χ4v) is 10.5. The molecule has 0 bridgehead atoms. The molecule has 0 N–H and O–H groups in total. The molecule has 0 atom stereocenters. The number of benzene rings is 12. The topological polar surface area (TPSA) is 4.93 Å². The Morgan fingerprint density at radius 3 is 1.45 bits per heavy atom. The van der Waals surface area contributed by atoms with Gasteiger partial charge in [-0.15, -0.1) is 0 Å². The van der Waals surface area contributed by atoms with Crippen molar-refractivity contribution in [3.8, 4) is 61.3 Å². The predicted molar refractivity (Wildman–Crippen MR) is 278 cm³/mol. The highest BCUT2D eigenvalue weighted by Crippen LogP contribution is 2.49. The van der Waals surface area contributed by atoms with Crippen LogP contribution in [0, 0.1) is 0 Å². The van der Waals surface area contributed by atoms with Crippen LogP contribution in [0.4, 0.5) is 0 Å². The average molecular weight is 824 g/mol. The molecule has 1 nitrogen and oxygen atoms in total. The first-order valence-corrected chi connectivity index (χ1v) is 22.5. The number of para-hydroxylation sites is 2. The van der Waals surface area contributed by atoms with E-state index in [2.05, 4.69) is 253 Å². The summed E-state index contributed by atoms with van der Waals surface area (Å²) < 4.78 is 2.38. The first kappa shape index (κ1) is 37.1. The second-order valence-electron chi connectivity index (χ2n) is 17.2. The summed E-state index contributed by atoms with van der Waals surface area (Å²) in [5.41, 5.74) is 15.8. The molecule has 1 heterocycles. The van der Waals surface area contributed by atoms with Gasteiger partial charge in [-0.2, -0.15) is 0 Å². The zero-order valence-electron chi connectivity index (χ0n) is 35.6. The quantitative estimate of drug-likeness (QED) is 0.147. The van der Waals surface area contributed by atoms with Gasteiger partial charge in [0.2, 0.25) is 0 Å².